The molecule has 2 heterocycles. The van der Waals surface area contributed by atoms with Gasteiger partial charge in [-0.3, -0.25) is 0 Å². The van der Waals surface area contributed by atoms with Crippen LogP contribution >= 0.6 is 0 Å². The van der Waals surface area contributed by atoms with Gasteiger partial charge in [0.25, 0.3) is 0 Å². The van der Waals surface area contributed by atoms with E-state index in [-0.39, 0.29) is 6.04 Å². The van der Waals surface area contributed by atoms with Gasteiger partial charge in [-0.2, -0.15) is 0 Å². The lowest BCUT2D eigenvalue weighted by Crippen LogP contribution is -2.21. The highest BCUT2D eigenvalue weighted by Crippen LogP contribution is 2.22. The molecule has 0 amide bonds. The molecular weight excluding hydrogens is 216 g/mol. The van der Waals surface area contributed by atoms with Gasteiger partial charge in [0, 0.05) is 19.4 Å². The molecule has 6 nitrogen and oxygen atoms in total. The zero-order chi connectivity index (χ0) is 12.3. The van der Waals surface area contributed by atoms with Crippen LogP contribution in [-0.2, 0) is 7.05 Å². The maximum Gasteiger partial charge on any atom is 0.226 e. The first-order valence-corrected chi connectivity index (χ1v) is 5.54. The lowest BCUT2D eigenvalue weighted by atomic mass is 10.0. The number of imidazole rings is 1. The average molecular weight is 232 g/mol. The van der Waals surface area contributed by atoms with Gasteiger partial charge in [-0.1, -0.05) is 13.8 Å². The highest BCUT2D eigenvalue weighted by Gasteiger charge is 2.20. The van der Waals surface area contributed by atoms with Crippen molar-refractivity contribution in [2.45, 2.75) is 19.9 Å². The largest absolute Gasteiger partial charge is 0.344 e. The summed E-state index contributed by atoms with van der Waals surface area (Å²) in [6.07, 6.45) is 6.68. The van der Waals surface area contributed by atoms with Crippen molar-refractivity contribution in [3.8, 4) is 0 Å². The van der Waals surface area contributed by atoms with Gasteiger partial charge in [-0.25, -0.2) is 19.9 Å². The summed E-state index contributed by atoms with van der Waals surface area (Å²) in [5.41, 5.74) is 0. The van der Waals surface area contributed by atoms with E-state index in [1.807, 2.05) is 17.8 Å². The topological polar surface area (TPSA) is 68.5 Å². The fraction of sp³-hybridized carbons (Fsp3) is 0.455. The summed E-state index contributed by atoms with van der Waals surface area (Å²) in [5.74, 6) is 1.93. The third kappa shape index (κ3) is 2.58. The SMILES string of the molecule is CC(C)[C@H](Nc1ncncn1)c1nccn1C. The Hall–Kier alpha value is -1.98. The van der Waals surface area contributed by atoms with Gasteiger partial charge in [0.05, 0.1) is 6.04 Å². The number of rotatable bonds is 4. The second-order valence-electron chi connectivity index (χ2n) is 4.22. The van der Waals surface area contributed by atoms with Crippen LogP contribution in [0.1, 0.15) is 25.7 Å². The summed E-state index contributed by atoms with van der Waals surface area (Å²) in [6, 6.07) is 0.0809. The van der Waals surface area contributed by atoms with Crippen LogP contribution in [-0.4, -0.2) is 24.5 Å². The standard InChI is InChI=1S/C11H16N6/c1-8(2)9(10-13-4-5-17(10)3)16-11-14-6-12-7-15-11/h4-9H,1-3H3,(H,12,14,15,16)/t9-/m0/s1. The van der Waals surface area contributed by atoms with Gasteiger partial charge >= 0.3 is 0 Å². The monoisotopic (exact) mass is 232 g/mol. The van der Waals surface area contributed by atoms with Crippen LogP contribution in [0.15, 0.2) is 25.0 Å². The van der Waals surface area contributed by atoms with E-state index in [4.69, 9.17) is 0 Å². The smallest absolute Gasteiger partial charge is 0.226 e. The van der Waals surface area contributed by atoms with Crippen LogP contribution in [0.3, 0.4) is 0 Å². The Morgan fingerprint density at radius 2 is 1.88 bits per heavy atom. The number of hydrogen-bond acceptors (Lipinski definition) is 5. The molecule has 0 aliphatic heterocycles. The second-order valence-corrected chi connectivity index (χ2v) is 4.22. The summed E-state index contributed by atoms with van der Waals surface area (Å²) in [4.78, 5) is 16.3. The Morgan fingerprint density at radius 1 is 1.18 bits per heavy atom. The summed E-state index contributed by atoms with van der Waals surface area (Å²) in [6.45, 7) is 4.26. The molecule has 1 atom stereocenters. The van der Waals surface area contributed by atoms with Gasteiger partial charge in [0.1, 0.15) is 18.5 Å². The van der Waals surface area contributed by atoms with Gasteiger partial charge in [0.15, 0.2) is 0 Å². The normalized spacial score (nSPS) is 12.7. The summed E-state index contributed by atoms with van der Waals surface area (Å²) < 4.78 is 2.00. The Kier molecular flexibility index (Phi) is 3.32. The van der Waals surface area contributed by atoms with Gasteiger partial charge in [0.2, 0.25) is 5.95 Å². The number of aryl methyl sites for hydroxylation is 1. The molecule has 2 aromatic heterocycles. The van der Waals surface area contributed by atoms with E-state index in [1.54, 1.807) is 6.20 Å². The van der Waals surface area contributed by atoms with Crippen LogP contribution in [0.4, 0.5) is 5.95 Å². The fourth-order valence-corrected chi connectivity index (χ4v) is 1.66. The molecule has 90 valence electrons. The molecule has 1 N–H and O–H groups in total. The maximum absolute atomic E-state index is 4.36. The molecule has 0 bridgehead atoms. The molecule has 2 aromatic rings. The Balaban J connectivity index is 2.23. The van der Waals surface area contributed by atoms with Gasteiger partial charge in [-0.15, -0.1) is 0 Å². The summed E-state index contributed by atoms with van der Waals surface area (Å²) in [5, 5.41) is 3.28. The zero-order valence-corrected chi connectivity index (χ0v) is 10.2. The Labute approximate surface area is 100 Å². The van der Waals surface area contributed by atoms with E-state index in [9.17, 15) is 0 Å². The predicted octanol–water partition coefficient (Wildman–Crippen LogP) is 1.41. The highest BCUT2D eigenvalue weighted by atomic mass is 15.2. The van der Waals surface area contributed by atoms with Crippen LogP contribution in [0.25, 0.3) is 0 Å². The lowest BCUT2D eigenvalue weighted by molar-refractivity contribution is 0.504. The van der Waals surface area contributed by atoms with Crippen molar-refractivity contribution in [3.05, 3.63) is 30.9 Å². The number of aromatic nitrogens is 5. The molecule has 17 heavy (non-hydrogen) atoms. The van der Waals surface area contributed by atoms with E-state index in [0.717, 1.165) is 5.82 Å². The van der Waals surface area contributed by atoms with Gasteiger partial charge in [-0.05, 0) is 5.92 Å². The molecule has 0 fully saturated rings. The molecule has 6 heteroatoms. The van der Waals surface area contributed by atoms with Crippen LogP contribution < -0.4 is 5.32 Å². The van der Waals surface area contributed by atoms with E-state index in [0.29, 0.717) is 11.9 Å². The molecule has 2 rings (SSSR count). The average Bonchev–Trinajstić information content (AvgIpc) is 2.73. The van der Waals surface area contributed by atoms with E-state index < -0.39 is 0 Å². The minimum atomic E-state index is 0.0809. The highest BCUT2D eigenvalue weighted by molar-refractivity contribution is 5.26. The molecular formula is C11H16N6. The fourth-order valence-electron chi connectivity index (χ4n) is 1.66. The number of hydrogen-bond donors (Lipinski definition) is 1. The zero-order valence-electron chi connectivity index (χ0n) is 10.2. The molecule has 0 aromatic carbocycles. The van der Waals surface area contributed by atoms with Crippen molar-refractivity contribution in [2.24, 2.45) is 13.0 Å². The number of nitrogens with one attached hydrogen (secondary N) is 1. The number of nitrogens with zero attached hydrogens (tertiary/aromatic N) is 5. The van der Waals surface area contributed by atoms with E-state index in [1.165, 1.54) is 12.7 Å². The van der Waals surface area contributed by atoms with Crippen molar-refractivity contribution < 1.29 is 0 Å². The first-order valence-electron chi connectivity index (χ1n) is 5.54. The van der Waals surface area contributed by atoms with E-state index in [2.05, 4.69) is 39.1 Å². The summed E-state index contributed by atoms with van der Waals surface area (Å²) >= 11 is 0. The van der Waals surface area contributed by atoms with Crippen molar-refractivity contribution in [1.82, 2.24) is 24.5 Å². The van der Waals surface area contributed by atoms with Crippen LogP contribution in [0, 0.1) is 5.92 Å². The quantitative estimate of drug-likeness (QED) is 0.863. The first-order chi connectivity index (χ1) is 8.18. The molecule has 0 saturated carbocycles. The first kappa shape index (κ1) is 11.5. The van der Waals surface area contributed by atoms with Crippen molar-refractivity contribution in [2.75, 3.05) is 5.32 Å². The van der Waals surface area contributed by atoms with Crippen molar-refractivity contribution >= 4 is 5.95 Å². The Bertz CT molecular complexity index is 464. The lowest BCUT2D eigenvalue weighted by Gasteiger charge is -2.21. The predicted molar refractivity (Wildman–Crippen MR) is 64.2 cm³/mol. The Morgan fingerprint density at radius 3 is 2.41 bits per heavy atom. The van der Waals surface area contributed by atoms with Crippen molar-refractivity contribution in [3.63, 3.8) is 0 Å². The van der Waals surface area contributed by atoms with E-state index >= 15 is 0 Å². The summed E-state index contributed by atoms with van der Waals surface area (Å²) in [7, 11) is 1.98. The minimum Gasteiger partial charge on any atom is -0.344 e. The van der Waals surface area contributed by atoms with Gasteiger partial charge < -0.3 is 9.88 Å². The molecule has 0 aliphatic rings. The third-order valence-corrected chi connectivity index (χ3v) is 2.58. The molecule has 0 unspecified atom stereocenters. The molecule has 0 aliphatic carbocycles. The van der Waals surface area contributed by atoms with Crippen molar-refractivity contribution in [1.29, 1.82) is 0 Å². The third-order valence-electron chi connectivity index (χ3n) is 2.58. The number of anilines is 1. The van der Waals surface area contributed by atoms with Crippen LogP contribution in [0.2, 0.25) is 0 Å². The second kappa shape index (κ2) is 4.90. The maximum atomic E-state index is 4.36. The molecule has 0 radical (unpaired) electrons. The minimum absolute atomic E-state index is 0.0809. The van der Waals surface area contributed by atoms with Crippen LogP contribution in [0.5, 0.6) is 0 Å². The molecule has 0 spiro atoms. The molecule has 0 saturated heterocycles.